The standard InChI is InChI=1S/C16H30N2O2/c1-16(2,3)13(19)9-18-15(20)12-7-10-5-4-6-11(8-12)14(10)17/h10-14,19H,4-9,17H2,1-3H3,(H,18,20). The molecule has 0 aromatic carbocycles. The number of aliphatic hydroxyl groups is 1. The molecule has 4 nitrogen and oxygen atoms in total. The van der Waals surface area contributed by atoms with Crippen LogP contribution in [0.25, 0.3) is 0 Å². The molecule has 0 spiro atoms. The largest absolute Gasteiger partial charge is 0.391 e. The normalized spacial score (nSPS) is 35.5. The molecule has 2 saturated carbocycles. The molecule has 0 heterocycles. The van der Waals surface area contributed by atoms with E-state index in [1.165, 1.54) is 19.3 Å². The summed E-state index contributed by atoms with van der Waals surface area (Å²) in [6.07, 6.45) is 4.96. The number of aliphatic hydroxyl groups excluding tert-OH is 1. The van der Waals surface area contributed by atoms with Crippen molar-refractivity contribution in [2.24, 2.45) is 28.9 Å². The Morgan fingerprint density at radius 1 is 1.30 bits per heavy atom. The Balaban J connectivity index is 1.85. The fourth-order valence-electron chi connectivity index (χ4n) is 3.65. The summed E-state index contributed by atoms with van der Waals surface area (Å²) in [5.74, 6) is 1.24. The van der Waals surface area contributed by atoms with Gasteiger partial charge in [-0.1, -0.05) is 27.2 Å². The molecule has 2 rings (SSSR count). The van der Waals surface area contributed by atoms with E-state index in [1.807, 2.05) is 20.8 Å². The van der Waals surface area contributed by atoms with Gasteiger partial charge in [-0.3, -0.25) is 4.79 Å². The van der Waals surface area contributed by atoms with E-state index in [9.17, 15) is 9.90 Å². The van der Waals surface area contributed by atoms with Gasteiger partial charge in [-0.05, 0) is 42.9 Å². The maximum atomic E-state index is 12.3. The highest BCUT2D eigenvalue weighted by Crippen LogP contribution is 2.41. The van der Waals surface area contributed by atoms with Crippen molar-refractivity contribution in [2.75, 3.05) is 6.54 Å². The summed E-state index contributed by atoms with van der Waals surface area (Å²) in [5, 5.41) is 12.9. The highest BCUT2D eigenvalue weighted by atomic mass is 16.3. The fraction of sp³-hybridized carbons (Fsp3) is 0.938. The smallest absolute Gasteiger partial charge is 0.223 e. The molecule has 0 saturated heterocycles. The van der Waals surface area contributed by atoms with E-state index >= 15 is 0 Å². The van der Waals surface area contributed by atoms with Gasteiger partial charge < -0.3 is 16.2 Å². The molecule has 0 aliphatic heterocycles. The Bertz CT molecular complexity index is 337. The van der Waals surface area contributed by atoms with Crippen LogP contribution in [0.15, 0.2) is 0 Å². The summed E-state index contributed by atoms with van der Waals surface area (Å²) in [7, 11) is 0. The zero-order valence-electron chi connectivity index (χ0n) is 13.1. The van der Waals surface area contributed by atoms with E-state index in [2.05, 4.69) is 5.32 Å². The second kappa shape index (κ2) is 6.02. The van der Waals surface area contributed by atoms with Crippen LogP contribution in [0.2, 0.25) is 0 Å². The lowest BCUT2D eigenvalue weighted by molar-refractivity contribution is -0.128. The third kappa shape index (κ3) is 3.53. The molecule has 0 aromatic rings. The maximum Gasteiger partial charge on any atom is 0.223 e. The summed E-state index contributed by atoms with van der Waals surface area (Å²) in [6.45, 7) is 6.29. The monoisotopic (exact) mass is 282 g/mol. The van der Waals surface area contributed by atoms with Gasteiger partial charge >= 0.3 is 0 Å². The summed E-state index contributed by atoms with van der Waals surface area (Å²) >= 11 is 0. The van der Waals surface area contributed by atoms with Crippen molar-refractivity contribution in [3.8, 4) is 0 Å². The van der Waals surface area contributed by atoms with Crippen LogP contribution in [-0.4, -0.2) is 29.7 Å². The van der Waals surface area contributed by atoms with Crippen LogP contribution in [0, 0.1) is 23.2 Å². The molecule has 4 heteroatoms. The maximum absolute atomic E-state index is 12.3. The molecule has 20 heavy (non-hydrogen) atoms. The first-order valence-electron chi connectivity index (χ1n) is 8.00. The topological polar surface area (TPSA) is 75.3 Å². The Kier molecular flexibility index (Phi) is 4.75. The predicted molar refractivity (Wildman–Crippen MR) is 80.0 cm³/mol. The number of carbonyl (C=O) groups is 1. The molecular weight excluding hydrogens is 252 g/mol. The van der Waals surface area contributed by atoms with Gasteiger partial charge in [0.1, 0.15) is 0 Å². The third-order valence-corrected chi connectivity index (χ3v) is 5.25. The molecule has 3 atom stereocenters. The summed E-state index contributed by atoms with van der Waals surface area (Å²) in [6, 6.07) is 0.299. The molecule has 0 aromatic heterocycles. The van der Waals surface area contributed by atoms with E-state index in [-0.39, 0.29) is 17.2 Å². The van der Waals surface area contributed by atoms with Crippen molar-refractivity contribution in [3.05, 3.63) is 0 Å². The van der Waals surface area contributed by atoms with E-state index in [1.54, 1.807) is 0 Å². The minimum atomic E-state index is -0.503. The van der Waals surface area contributed by atoms with Crippen LogP contribution in [0.4, 0.5) is 0 Å². The van der Waals surface area contributed by atoms with Gasteiger partial charge in [0.25, 0.3) is 0 Å². The molecule has 2 fully saturated rings. The summed E-state index contributed by atoms with van der Waals surface area (Å²) in [5.41, 5.74) is 6.06. The summed E-state index contributed by atoms with van der Waals surface area (Å²) < 4.78 is 0. The number of hydrogen-bond donors (Lipinski definition) is 3. The predicted octanol–water partition coefficient (Wildman–Crippen LogP) is 1.66. The molecular formula is C16H30N2O2. The molecule has 116 valence electrons. The first kappa shape index (κ1) is 15.8. The highest BCUT2D eigenvalue weighted by Gasteiger charge is 2.40. The van der Waals surface area contributed by atoms with Crippen LogP contribution in [0.1, 0.15) is 52.9 Å². The van der Waals surface area contributed by atoms with Crippen LogP contribution in [0.5, 0.6) is 0 Å². The minimum Gasteiger partial charge on any atom is -0.391 e. The van der Waals surface area contributed by atoms with Crippen molar-refractivity contribution in [1.82, 2.24) is 5.32 Å². The second-order valence-electron chi connectivity index (χ2n) is 7.82. The lowest BCUT2D eigenvalue weighted by Gasteiger charge is -2.43. The molecule has 0 radical (unpaired) electrons. The number of nitrogens with one attached hydrogen (secondary N) is 1. The van der Waals surface area contributed by atoms with E-state index in [4.69, 9.17) is 5.73 Å². The number of rotatable bonds is 3. The lowest BCUT2D eigenvalue weighted by atomic mass is 9.65. The molecule has 1 amide bonds. The number of carbonyl (C=O) groups excluding carboxylic acids is 1. The van der Waals surface area contributed by atoms with Gasteiger partial charge in [-0.2, -0.15) is 0 Å². The van der Waals surface area contributed by atoms with Gasteiger partial charge in [0, 0.05) is 18.5 Å². The third-order valence-electron chi connectivity index (χ3n) is 5.25. The lowest BCUT2D eigenvalue weighted by Crippen LogP contribution is -2.50. The number of fused-ring (bicyclic) bond motifs is 2. The highest BCUT2D eigenvalue weighted by molar-refractivity contribution is 5.78. The van der Waals surface area contributed by atoms with Crippen molar-refractivity contribution in [1.29, 1.82) is 0 Å². The number of hydrogen-bond acceptors (Lipinski definition) is 3. The minimum absolute atomic E-state index is 0.0947. The Morgan fingerprint density at radius 3 is 2.35 bits per heavy atom. The van der Waals surface area contributed by atoms with E-state index in [0.29, 0.717) is 24.4 Å². The van der Waals surface area contributed by atoms with Gasteiger partial charge in [0.05, 0.1) is 6.10 Å². The first-order chi connectivity index (χ1) is 9.29. The Labute approximate surface area is 122 Å². The van der Waals surface area contributed by atoms with Crippen LogP contribution in [-0.2, 0) is 4.79 Å². The van der Waals surface area contributed by atoms with Crippen molar-refractivity contribution in [2.45, 2.75) is 65.0 Å². The molecule has 2 bridgehead atoms. The summed E-state index contributed by atoms with van der Waals surface area (Å²) in [4.78, 5) is 12.3. The zero-order chi connectivity index (χ0) is 14.9. The van der Waals surface area contributed by atoms with Crippen LogP contribution in [0.3, 0.4) is 0 Å². The second-order valence-corrected chi connectivity index (χ2v) is 7.82. The average molecular weight is 282 g/mol. The fourth-order valence-corrected chi connectivity index (χ4v) is 3.65. The zero-order valence-corrected chi connectivity index (χ0v) is 13.1. The molecule has 4 N–H and O–H groups in total. The van der Waals surface area contributed by atoms with E-state index in [0.717, 1.165) is 12.8 Å². The van der Waals surface area contributed by atoms with Gasteiger partial charge in [-0.15, -0.1) is 0 Å². The Morgan fingerprint density at radius 2 is 1.85 bits per heavy atom. The first-order valence-corrected chi connectivity index (χ1v) is 8.00. The van der Waals surface area contributed by atoms with Gasteiger partial charge in [-0.25, -0.2) is 0 Å². The molecule has 2 aliphatic carbocycles. The SMILES string of the molecule is CC(C)(C)C(O)CNC(=O)C1CC2CCCC(C1)C2N. The van der Waals surface area contributed by atoms with E-state index < -0.39 is 6.10 Å². The van der Waals surface area contributed by atoms with Crippen molar-refractivity contribution in [3.63, 3.8) is 0 Å². The van der Waals surface area contributed by atoms with Crippen LogP contribution < -0.4 is 11.1 Å². The van der Waals surface area contributed by atoms with Crippen LogP contribution >= 0.6 is 0 Å². The van der Waals surface area contributed by atoms with Crippen molar-refractivity contribution < 1.29 is 9.90 Å². The quantitative estimate of drug-likeness (QED) is 0.737. The van der Waals surface area contributed by atoms with Crippen molar-refractivity contribution >= 4 is 5.91 Å². The molecule has 3 unspecified atom stereocenters. The molecule has 2 aliphatic rings. The Hall–Kier alpha value is -0.610. The van der Waals surface area contributed by atoms with Gasteiger partial charge in [0.15, 0.2) is 0 Å². The number of amides is 1. The number of nitrogens with two attached hydrogens (primary N) is 1. The average Bonchev–Trinajstić information content (AvgIpc) is 2.33. The van der Waals surface area contributed by atoms with Gasteiger partial charge in [0.2, 0.25) is 5.91 Å².